The second-order valence-electron chi connectivity index (χ2n) is 6.66. The first-order chi connectivity index (χ1) is 12.6. The molecule has 3 aromatic rings. The summed E-state index contributed by atoms with van der Waals surface area (Å²) >= 11 is 0. The monoisotopic (exact) mass is 403 g/mol. The molecule has 5 nitrogen and oxygen atoms in total. The van der Waals surface area contributed by atoms with Gasteiger partial charge in [0.2, 0.25) is 10.0 Å². The zero-order valence-corrected chi connectivity index (χ0v) is 16.8. The van der Waals surface area contributed by atoms with Crippen LogP contribution in [0, 0.1) is 0 Å². The Morgan fingerprint density at radius 2 is 1.48 bits per heavy atom. The van der Waals surface area contributed by atoms with E-state index in [1.165, 1.54) is 23.5 Å². The van der Waals surface area contributed by atoms with Crippen LogP contribution in [-0.2, 0) is 32.2 Å². The van der Waals surface area contributed by atoms with E-state index in [4.69, 9.17) is 0 Å². The van der Waals surface area contributed by atoms with Gasteiger partial charge < -0.3 is 0 Å². The fraction of sp³-hybridized carbons (Fsp3) is 0.200. The lowest BCUT2D eigenvalue weighted by Gasteiger charge is -2.18. The summed E-state index contributed by atoms with van der Waals surface area (Å²) in [5.74, 6) is -0.190. The van der Waals surface area contributed by atoms with Gasteiger partial charge in [0.05, 0.1) is 10.6 Å². The van der Waals surface area contributed by atoms with Crippen molar-refractivity contribution < 1.29 is 16.8 Å². The lowest BCUT2D eigenvalue weighted by Crippen LogP contribution is -2.26. The highest BCUT2D eigenvalue weighted by atomic mass is 32.2. The molecule has 0 heterocycles. The zero-order chi connectivity index (χ0) is 19.7. The van der Waals surface area contributed by atoms with E-state index in [2.05, 4.69) is 0 Å². The molecule has 0 amide bonds. The van der Waals surface area contributed by atoms with Crippen molar-refractivity contribution in [2.75, 3.05) is 13.3 Å². The maximum atomic E-state index is 12.9. The van der Waals surface area contributed by atoms with Crippen LogP contribution in [0.5, 0.6) is 0 Å². The van der Waals surface area contributed by atoms with Gasteiger partial charge in [-0.05, 0) is 40.1 Å². The Balaban J connectivity index is 1.86. The minimum Gasteiger partial charge on any atom is -0.229 e. The molecule has 3 rings (SSSR count). The van der Waals surface area contributed by atoms with Gasteiger partial charge in [-0.1, -0.05) is 48.5 Å². The van der Waals surface area contributed by atoms with Gasteiger partial charge in [0.15, 0.2) is 9.84 Å². The number of benzene rings is 3. The van der Waals surface area contributed by atoms with Crippen LogP contribution in [0.4, 0.5) is 0 Å². The quantitative estimate of drug-likeness (QED) is 0.634. The van der Waals surface area contributed by atoms with Crippen LogP contribution in [0.15, 0.2) is 71.6 Å². The van der Waals surface area contributed by atoms with Crippen LogP contribution < -0.4 is 0 Å². The van der Waals surface area contributed by atoms with Gasteiger partial charge in [-0.25, -0.2) is 16.8 Å². The summed E-state index contributed by atoms with van der Waals surface area (Å²) in [4.78, 5) is 0.0898. The number of sulfone groups is 1. The Morgan fingerprint density at radius 3 is 2.19 bits per heavy atom. The topological polar surface area (TPSA) is 71.5 Å². The molecule has 142 valence electrons. The van der Waals surface area contributed by atoms with Crippen LogP contribution in [0.2, 0.25) is 0 Å². The maximum Gasteiger partial charge on any atom is 0.243 e. The average Bonchev–Trinajstić information content (AvgIpc) is 2.60. The molecule has 0 aliphatic rings. The lowest BCUT2D eigenvalue weighted by atomic mass is 10.1. The summed E-state index contributed by atoms with van der Waals surface area (Å²) in [6.45, 7) is 0.226. The summed E-state index contributed by atoms with van der Waals surface area (Å²) in [5, 5.41) is 2.15. The highest BCUT2D eigenvalue weighted by Crippen LogP contribution is 2.21. The van der Waals surface area contributed by atoms with E-state index < -0.39 is 19.9 Å². The first-order valence-corrected chi connectivity index (χ1v) is 11.9. The predicted octanol–water partition coefficient (Wildman–Crippen LogP) is 3.21. The standard InChI is InChI=1S/C20H21NO4S2/c1-21(14-16-10-11-18-7-3-4-8-19(18)12-16)27(24,25)20-9-5-6-17(13-20)15-26(2,22)23/h3-13H,14-15H2,1-2H3. The first-order valence-electron chi connectivity index (χ1n) is 8.36. The third-order valence-electron chi connectivity index (χ3n) is 4.25. The van der Waals surface area contributed by atoms with Crippen LogP contribution in [-0.4, -0.2) is 34.4 Å². The molecule has 0 saturated heterocycles. The van der Waals surface area contributed by atoms with E-state index >= 15 is 0 Å². The third kappa shape index (κ3) is 4.74. The van der Waals surface area contributed by atoms with Gasteiger partial charge in [0, 0.05) is 19.8 Å². The Morgan fingerprint density at radius 1 is 0.778 bits per heavy atom. The molecule has 27 heavy (non-hydrogen) atoms. The van der Waals surface area contributed by atoms with Crippen molar-refractivity contribution in [1.82, 2.24) is 4.31 Å². The predicted molar refractivity (Wildman–Crippen MR) is 108 cm³/mol. The molecule has 0 atom stereocenters. The Bertz CT molecular complexity index is 1190. The minimum atomic E-state index is -3.73. The molecule has 0 saturated carbocycles. The molecule has 3 aromatic carbocycles. The van der Waals surface area contributed by atoms with E-state index in [1.54, 1.807) is 12.1 Å². The molecule has 0 bridgehead atoms. The summed E-state index contributed by atoms with van der Waals surface area (Å²) in [6.07, 6.45) is 1.13. The SMILES string of the molecule is CN(Cc1ccc2ccccc2c1)S(=O)(=O)c1cccc(CS(C)(=O)=O)c1. The largest absolute Gasteiger partial charge is 0.243 e. The fourth-order valence-electron chi connectivity index (χ4n) is 2.96. The lowest BCUT2D eigenvalue weighted by molar-refractivity contribution is 0.467. The fourth-order valence-corrected chi connectivity index (χ4v) is 4.97. The second-order valence-corrected chi connectivity index (χ2v) is 10.8. The van der Waals surface area contributed by atoms with E-state index in [1.807, 2.05) is 42.5 Å². The molecule has 0 fully saturated rings. The molecule has 0 aliphatic heterocycles. The van der Waals surface area contributed by atoms with Crippen LogP contribution >= 0.6 is 0 Å². The van der Waals surface area contributed by atoms with Gasteiger partial charge in [0.1, 0.15) is 0 Å². The van der Waals surface area contributed by atoms with Crippen molar-refractivity contribution in [1.29, 1.82) is 0 Å². The second kappa shape index (κ2) is 7.42. The van der Waals surface area contributed by atoms with E-state index in [0.717, 1.165) is 22.6 Å². The van der Waals surface area contributed by atoms with Crippen molar-refractivity contribution in [3.63, 3.8) is 0 Å². The number of hydrogen-bond acceptors (Lipinski definition) is 4. The van der Waals surface area contributed by atoms with Crippen LogP contribution in [0.25, 0.3) is 10.8 Å². The minimum absolute atomic E-state index is 0.0898. The third-order valence-corrected chi connectivity index (χ3v) is 6.91. The number of sulfonamides is 1. The van der Waals surface area contributed by atoms with Gasteiger partial charge in [0.25, 0.3) is 0 Å². The zero-order valence-electron chi connectivity index (χ0n) is 15.2. The molecule has 0 N–H and O–H groups in total. The average molecular weight is 404 g/mol. The first kappa shape index (κ1) is 19.5. The van der Waals surface area contributed by atoms with E-state index in [-0.39, 0.29) is 17.2 Å². The van der Waals surface area contributed by atoms with Crippen LogP contribution in [0.3, 0.4) is 0 Å². The number of hydrogen-bond donors (Lipinski definition) is 0. The molecular formula is C20H21NO4S2. The van der Waals surface area contributed by atoms with Crippen molar-refractivity contribution >= 4 is 30.6 Å². The van der Waals surface area contributed by atoms with E-state index in [0.29, 0.717) is 5.56 Å². The summed E-state index contributed by atoms with van der Waals surface area (Å²) in [5.41, 5.74) is 1.34. The van der Waals surface area contributed by atoms with Gasteiger partial charge >= 0.3 is 0 Å². The highest BCUT2D eigenvalue weighted by molar-refractivity contribution is 7.90. The van der Waals surface area contributed by atoms with Crippen LogP contribution in [0.1, 0.15) is 11.1 Å². The highest BCUT2D eigenvalue weighted by Gasteiger charge is 2.21. The molecule has 0 aliphatic carbocycles. The Labute approximate surface area is 160 Å². The molecular weight excluding hydrogens is 382 g/mol. The number of rotatable bonds is 6. The van der Waals surface area contributed by atoms with Gasteiger partial charge in [-0.15, -0.1) is 0 Å². The Kier molecular flexibility index (Phi) is 5.37. The van der Waals surface area contributed by atoms with Crippen molar-refractivity contribution in [2.45, 2.75) is 17.2 Å². The van der Waals surface area contributed by atoms with Gasteiger partial charge in [-0.2, -0.15) is 4.31 Å². The van der Waals surface area contributed by atoms with Crippen molar-refractivity contribution in [2.24, 2.45) is 0 Å². The Hall–Kier alpha value is -2.22. The molecule has 0 aromatic heterocycles. The number of nitrogens with zero attached hydrogens (tertiary/aromatic N) is 1. The number of fused-ring (bicyclic) bond motifs is 1. The summed E-state index contributed by atoms with van der Waals surface area (Å²) in [7, 11) is -5.45. The molecule has 0 radical (unpaired) electrons. The van der Waals surface area contributed by atoms with Crippen molar-refractivity contribution in [3.05, 3.63) is 77.9 Å². The summed E-state index contributed by atoms with van der Waals surface area (Å²) < 4.78 is 50.0. The molecule has 7 heteroatoms. The van der Waals surface area contributed by atoms with Gasteiger partial charge in [-0.3, -0.25) is 0 Å². The van der Waals surface area contributed by atoms with Crippen molar-refractivity contribution in [3.8, 4) is 0 Å². The van der Waals surface area contributed by atoms with E-state index in [9.17, 15) is 16.8 Å². The smallest absolute Gasteiger partial charge is 0.229 e. The summed E-state index contributed by atoms with van der Waals surface area (Å²) in [6, 6.07) is 19.8. The maximum absolute atomic E-state index is 12.9. The molecule has 0 spiro atoms. The molecule has 0 unspecified atom stereocenters. The normalized spacial score (nSPS) is 12.6.